The third-order valence-electron chi connectivity index (χ3n) is 5.83. The summed E-state index contributed by atoms with van der Waals surface area (Å²) in [6.45, 7) is 0.0813. The molecule has 1 saturated heterocycles. The summed E-state index contributed by atoms with van der Waals surface area (Å²) >= 11 is 12.9. The van der Waals surface area contributed by atoms with Crippen molar-refractivity contribution in [2.24, 2.45) is 0 Å². The van der Waals surface area contributed by atoms with E-state index in [1.165, 1.54) is 18.2 Å². The molecule has 0 bridgehead atoms. The summed E-state index contributed by atoms with van der Waals surface area (Å²) in [4.78, 5) is 26.1. The maximum atomic E-state index is 14.0. The van der Waals surface area contributed by atoms with Crippen LogP contribution in [-0.4, -0.2) is 16.8 Å². The van der Waals surface area contributed by atoms with E-state index in [1.54, 1.807) is 24.3 Å². The zero-order chi connectivity index (χ0) is 25.2. The molecule has 0 aliphatic carbocycles. The minimum atomic E-state index is -0.637. The third kappa shape index (κ3) is 4.78. The fraction of sp³-hybridized carbons (Fsp3) is 0.0714. The second-order valence-electron chi connectivity index (χ2n) is 8.21. The zero-order valence-corrected chi connectivity index (χ0v) is 20.3. The van der Waals surface area contributed by atoms with E-state index in [1.807, 2.05) is 42.5 Å². The van der Waals surface area contributed by atoms with Gasteiger partial charge in [-0.3, -0.25) is 9.69 Å². The van der Waals surface area contributed by atoms with Gasteiger partial charge in [0, 0.05) is 5.56 Å². The summed E-state index contributed by atoms with van der Waals surface area (Å²) in [7, 11) is 0. The molecule has 1 aliphatic heterocycles. The lowest BCUT2D eigenvalue weighted by atomic mass is 10.1. The number of urea groups is 1. The Balaban J connectivity index is 1.34. The van der Waals surface area contributed by atoms with E-state index in [0.29, 0.717) is 11.3 Å². The highest BCUT2D eigenvalue weighted by atomic mass is 35.5. The normalized spacial score (nSPS) is 14.5. The number of hydrogen-bond acceptors (Lipinski definition) is 3. The van der Waals surface area contributed by atoms with Crippen LogP contribution in [0.3, 0.4) is 0 Å². The second-order valence-corrected chi connectivity index (χ2v) is 9.03. The minimum absolute atomic E-state index is 0.0351. The van der Waals surface area contributed by atoms with Gasteiger partial charge in [-0.15, -0.1) is 0 Å². The monoisotopic (exact) mass is 520 g/mol. The molecule has 3 amide bonds. The van der Waals surface area contributed by atoms with Crippen LogP contribution in [0.25, 0.3) is 16.8 Å². The molecule has 0 aromatic heterocycles. The van der Waals surface area contributed by atoms with Crippen LogP contribution in [0.4, 0.5) is 9.18 Å². The minimum Gasteiger partial charge on any atom is -0.486 e. The van der Waals surface area contributed by atoms with Gasteiger partial charge in [0.05, 0.1) is 16.6 Å². The molecule has 1 heterocycles. The van der Waals surface area contributed by atoms with Gasteiger partial charge in [0.15, 0.2) is 5.75 Å². The van der Waals surface area contributed by atoms with Crippen molar-refractivity contribution in [1.29, 1.82) is 0 Å². The van der Waals surface area contributed by atoms with Crippen molar-refractivity contribution in [3.8, 4) is 5.75 Å². The maximum Gasteiger partial charge on any atom is 0.329 e. The molecule has 0 radical (unpaired) electrons. The first-order valence-corrected chi connectivity index (χ1v) is 11.8. The van der Waals surface area contributed by atoms with Gasteiger partial charge in [0.1, 0.15) is 18.1 Å². The van der Waals surface area contributed by atoms with Crippen LogP contribution in [-0.2, 0) is 17.9 Å². The van der Waals surface area contributed by atoms with Crippen LogP contribution in [0.1, 0.15) is 16.7 Å². The van der Waals surface area contributed by atoms with Crippen molar-refractivity contribution in [1.82, 2.24) is 10.2 Å². The zero-order valence-electron chi connectivity index (χ0n) is 18.8. The van der Waals surface area contributed by atoms with Crippen LogP contribution < -0.4 is 10.1 Å². The van der Waals surface area contributed by atoms with Gasteiger partial charge in [-0.05, 0) is 46.2 Å². The molecule has 1 N–H and O–H groups in total. The largest absolute Gasteiger partial charge is 0.486 e. The molecule has 0 spiro atoms. The Kier molecular flexibility index (Phi) is 6.63. The molecule has 0 unspecified atom stereocenters. The number of ether oxygens (including phenoxy) is 1. The maximum absolute atomic E-state index is 14.0. The molecular weight excluding hydrogens is 502 g/mol. The first kappa shape index (κ1) is 23.9. The van der Waals surface area contributed by atoms with Crippen molar-refractivity contribution in [2.45, 2.75) is 13.2 Å². The predicted octanol–water partition coefficient (Wildman–Crippen LogP) is 6.96. The van der Waals surface area contributed by atoms with Gasteiger partial charge in [0.2, 0.25) is 0 Å². The van der Waals surface area contributed by atoms with Crippen LogP contribution in [0.2, 0.25) is 10.0 Å². The van der Waals surface area contributed by atoms with Gasteiger partial charge in [-0.1, -0.05) is 83.9 Å². The van der Waals surface area contributed by atoms with E-state index in [0.717, 1.165) is 21.2 Å². The number of amides is 3. The number of rotatable bonds is 6. The molecule has 8 heteroatoms. The molecule has 1 aliphatic rings. The molecule has 5 rings (SSSR count). The summed E-state index contributed by atoms with van der Waals surface area (Å²) in [5.74, 6) is -0.753. The van der Waals surface area contributed by atoms with E-state index in [2.05, 4.69) is 5.32 Å². The molecular formula is C28H19Cl2FN2O3. The van der Waals surface area contributed by atoms with Crippen molar-refractivity contribution < 1.29 is 18.7 Å². The Hall–Kier alpha value is -3.87. The fourth-order valence-electron chi connectivity index (χ4n) is 4.05. The summed E-state index contributed by atoms with van der Waals surface area (Å²) in [5.41, 5.74) is 1.76. The molecule has 180 valence electrons. The van der Waals surface area contributed by atoms with Crippen LogP contribution >= 0.6 is 23.2 Å². The van der Waals surface area contributed by atoms with Gasteiger partial charge in [0.25, 0.3) is 5.91 Å². The van der Waals surface area contributed by atoms with Gasteiger partial charge in [-0.2, -0.15) is 0 Å². The number of nitrogens with zero attached hydrogens (tertiary/aromatic N) is 1. The first-order chi connectivity index (χ1) is 17.4. The van der Waals surface area contributed by atoms with E-state index >= 15 is 0 Å². The Morgan fingerprint density at radius 2 is 1.56 bits per heavy atom. The van der Waals surface area contributed by atoms with Crippen LogP contribution in [0.15, 0.2) is 84.6 Å². The van der Waals surface area contributed by atoms with Gasteiger partial charge in [-0.25, -0.2) is 9.18 Å². The van der Waals surface area contributed by atoms with Crippen molar-refractivity contribution in [2.75, 3.05) is 0 Å². The lowest BCUT2D eigenvalue weighted by Crippen LogP contribution is -2.30. The fourth-order valence-corrected chi connectivity index (χ4v) is 4.66. The lowest BCUT2D eigenvalue weighted by Gasteiger charge is -2.13. The van der Waals surface area contributed by atoms with E-state index < -0.39 is 17.8 Å². The first-order valence-electron chi connectivity index (χ1n) is 11.1. The quantitative estimate of drug-likeness (QED) is 0.221. The number of carbonyl (C=O) groups is 2. The number of fused-ring (bicyclic) bond motifs is 1. The molecule has 36 heavy (non-hydrogen) atoms. The molecule has 1 fully saturated rings. The number of hydrogen-bond donors (Lipinski definition) is 1. The van der Waals surface area contributed by atoms with Crippen molar-refractivity contribution in [3.63, 3.8) is 0 Å². The lowest BCUT2D eigenvalue weighted by molar-refractivity contribution is -0.123. The number of carbonyl (C=O) groups excluding carboxylic acids is 2. The SMILES string of the molecule is O=C1N/C(=C/c2cc(Cl)c(OCc3cccc4ccccc34)c(Cl)c2)C(=O)N1Cc1ccccc1F. The van der Waals surface area contributed by atoms with Crippen LogP contribution in [0.5, 0.6) is 5.75 Å². The third-order valence-corrected chi connectivity index (χ3v) is 6.39. The Morgan fingerprint density at radius 1 is 0.889 bits per heavy atom. The number of imide groups is 1. The Bertz CT molecular complexity index is 1510. The topological polar surface area (TPSA) is 58.6 Å². The summed E-state index contributed by atoms with van der Waals surface area (Å²) < 4.78 is 19.9. The summed E-state index contributed by atoms with van der Waals surface area (Å²) in [6, 6.07) is 22.5. The Labute approximate surface area is 216 Å². The van der Waals surface area contributed by atoms with E-state index in [9.17, 15) is 14.0 Å². The van der Waals surface area contributed by atoms with Crippen LogP contribution in [0, 0.1) is 5.82 Å². The summed E-state index contributed by atoms with van der Waals surface area (Å²) in [6.07, 6.45) is 1.47. The predicted molar refractivity (Wildman–Crippen MR) is 138 cm³/mol. The highest BCUT2D eigenvalue weighted by Gasteiger charge is 2.34. The van der Waals surface area contributed by atoms with E-state index in [4.69, 9.17) is 27.9 Å². The number of halogens is 3. The van der Waals surface area contributed by atoms with Crippen molar-refractivity contribution in [3.05, 3.63) is 117 Å². The molecule has 0 atom stereocenters. The standard InChI is InChI=1S/C28H19Cl2FN2O3/c29-22-12-17(14-25-27(34)33(28(35)32-25)15-19-7-2-4-11-24(19)31)13-23(30)26(22)36-16-20-9-5-8-18-6-1-3-10-21(18)20/h1-14H,15-16H2,(H,32,35)/b25-14+. The van der Waals surface area contributed by atoms with Crippen molar-refractivity contribution >= 4 is 52.0 Å². The molecule has 0 saturated carbocycles. The van der Waals surface area contributed by atoms with Gasteiger partial charge < -0.3 is 10.1 Å². The smallest absolute Gasteiger partial charge is 0.329 e. The number of nitrogens with one attached hydrogen (secondary N) is 1. The molecule has 4 aromatic carbocycles. The highest BCUT2D eigenvalue weighted by Crippen LogP contribution is 2.36. The average Bonchev–Trinajstić information content (AvgIpc) is 3.12. The van der Waals surface area contributed by atoms with Gasteiger partial charge >= 0.3 is 6.03 Å². The average molecular weight is 521 g/mol. The Morgan fingerprint density at radius 3 is 2.33 bits per heavy atom. The molecule has 4 aromatic rings. The highest BCUT2D eigenvalue weighted by molar-refractivity contribution is 6.37. The second kappa shape index (κ2) is 10.0. The molecule has 5 nitrogen and oxygen atoms in total. The van der Waals surface area contributed by atoms with E-state index in [-0.39, 0.29) is 34.5 Å². The summed E-state index contributed by atoms with van der Waals surface area (Å²) in [5, 5.41) is 5.21. The number of benzene rings is 4.